The molecule has 150 valence electrons. The number of carbonyl (C=O) groups excluding carboxylic acids is 1. The van der Waals surface area contributed by atoms with E-state index in [4.69, 9.17) is 4.74 Å². The zero-order chi connectivity index (χ0) is 20.7. The van der Waals surface area contributed by atoms with Gasteiger partial charge in [0.2, 0.25) is 10.0 Å². The predicted molar refractivity (Wildman–Crippen MR) is 114 cm³/mol. The molecule has 2 rings (SSSR count). The van der Waals surface area contributed by atoms with Gasteiger partial charge in [-0.1, -0.05) is 12.1 Å². The van der Waals surface area contributed by atoms with Crippen molar-refractivity contribution in [1.82, 2.24) is 5.43 Å². The Bertz CT molecular complexity index is 944. The van der Waals surface area contributed by atoms with Crippen molar-refractivity contribution >= 4 is 43.8 Å². The van der Waals surface area contributed by atoms with Gasteiger partial charge in [-0.3, -0.25) is 9.10 Å². The molecule has 2 aromatic rings. The summed E-state index contributed by atoms with van der Waals surface area (Å²) >= 11 is 3.31. The Labute approximate surface area is 173 Å². The number of amides is 1. The van der Waals surface area contributed by atoms with Crippen molar-refractivity contribution in [3.63, 3.8) is 0 Å². The van der Waals surface area contributed by atoms with Gasteiger partial charge in [-0.15, -0.1) is 0 Å². The molecule has 0 aliphatic rings. The zero-order valence-corrected chi connectivity index (χ0v) is 18.2. The van der Waals surface area contributed by atoms with E-state index in [-0.39, 0.29) is 12.6 Å². The van der Waals surface area contributed by atoms with Gasteiger partial charge in [0.15, 0.2) is 0 Å². The van der Waals surface area contributed by atoms with Crippen LogP contribution in [0, 0.1) is 0 Å². The number of benzene rings is 2. The van der Waals surface area contributed by atoms with E-state index in [0.717, 1.165) is 21.9 Å². The van der Waals surface area contributed by atoms with Gasteiger partial charge in [0, 0.05) is 4.47 Å². The van der Waals surface area contributed by atoms with Crippen LogP contribution in [0.25, 0.3) is 0 Å². The highest BCUT2D eigenvalue weighted by molar-refractivity contribution is 9.10. The van der Waals surface area contributed by atoms with Crippen LogP contribution in [0.1, 0.15) is 19.4 Å². The fourth-order valence-corrected chi connectivity index (χ4v) is 3.77. The molecule has 0 aliphatic carbocycles. The molecule has 0 fully saturated rings. The van der Waals surface area contributed by atoms with Gasteiger partial charge >= 0.3 is 0 Å². The second-order valence-electron chi connectivity index (χ2n) is 6.25. The highest BCUT2D eigenvalue weighted by Crippen LogP contribution is 2.27. The van der Waals surface area contributed by atoms with Crippen molar-refractivity contribution in [3.8, 4) is 5.75 Å². The molecule has 1 amide bonds. The Hall–Kier alpha value is -2.39. The number of hydrogen-bond donors (Lipinski definition) is 1. The number of rotatable bonds is 8. The van der Waals surface area contributed by atoms with Crippen molar-refractivity contribution in [3.05, 3.63) is 58.6 Å². The van der Waals surface area contributed by atoms with Crippen LogP contribution < -0.4 is 14.5 Å². The monoisotopic (exact) mass is 467 g/mol. The predicted octanol–water partition coefficient (Wildman–Crippen LogP) is 3.15. The van der Waals surface area contributed by atoms with E-state index in [0.29, 0.717) is 10.2 Å². The molecule has 0 aliphatic heterocycles. The molecule has 0 bridgehead atoms. The first-order valence-corrected chi connectivity index (χ1v) is 11.1. The summed E-state index contributed by atoms with van der Waals surface area (Å²) in [5, 5.41) is 3.88. The Kier molecular flexibility index (Phi) is 7.59. The lowest BCUT2D eigenvalue weighted by molar-refractivity contribution is -0.119. The summed E-state index contributed by atoms with van der Waals surface area (Å²) in [6, 6.07) is 14.0. The molecule has 9 heteroatoms. The molecule has 0 atom stereocenters. The number of sulfonamides is 1. The van der Waals surface area contributed by atoms with Crippen LogP contribution in [0.5, 0.6) is 5.75 Å². The summed E-state index contributed by atoms with van der Waals surface area (Å²) in [5.74, 6) is 0.186. The molecular formula is C19H22BrN3O4S. The number of para-hydroxylation sites is 1. The van der Waals surface area contributed by atoms with Gasteiger partial charge in [0.1, 0.15) is 12.3 Å². The molecular weight excluding hydrogens is 446 g/mol. The molecule has 28 heavy (non-hydrogen) atoms. The van der Waals surface area contributed by atoms with Crippen LogP contribution in [0.3, 0.4) is 0 Å². The minimum absolute atomic E-state index is 0.0845. The molecule has 0 radical (unpaired) electrons. The first-order valence-electron chi connectivity index (χ1n) is 8.47. The quantitative estimate of drug-likeness (QED) is 0.476. The van der Waals surface area contributed by atoms with Crippen molar-refractivity contribution in [2.75, 3.05) is 17.1 Å². The van der Waals surface area contributed by atoms with E-state index in [9.17, 15) is 13.2 Å². The van der Waals surface area contributed by atoms with Gasteiger partial charge in [-0.05, 0) is 71.7 Å². The van der Waals surface area contributed by atoms with Crippen molar-refractivity contribution < 1.29 is 17.9 Å². The number of halogens is 1. The van der Waals surface area contributed by atoms with E-state index < -0.39 is 15.9 Å². The molecule has 0 spiro atoms. The van der Waals surface area contributed by atoms with E-state index in [1.54, 1.807) is 36.4 Å². The summed E-state index contributed by atoms with van der Waals surface area (Å²) in [6.45, 7) is 3.50. The molecule has 0 heterocycles. The van der Waals surface area contributed by atoms with Crippen molar-refractivity contribution in [1.29, 1.82) is 0 Å². The van der Waals surface area contributed by atoms with Crippen LogP contribution >= 0.6 is 15.9 Å². The number of nitrogens with one attached hydrogen (secondary N) is 1. The number of carbonyl (C=O) groups is 1. The summed E-state index contributed by atoms with van der Waals surface area (Å²) in [4.78, 5) is 12.2. The van der Waals surface area contributed by atoms with Crippen LogP contribution in [0.4, 0.5) is 5.69 Å². The number of anilines is 1. The van der Waals surface area contributed by atoms with Gasteiger partial charge in [-0.2, -0.15) is 5.10 Å². The highest BCUT2D eigenvalue weighted by Gasteiger charge is 2.22. The summed E-state index contributed by atoms with van der Waals surface area (Å²) in [7, 11) is -3.65. The van der Waals surface area contributed by atoms with E-state index >= 15 is 0 Å². The lowest BCUT2D eigenvalue weighted by Crippen LogP contribution is -2.39. The first-order chi connectivity index (χ1) is 13.2. The van der Waals surface area contributed by atoms with Crippen molar-refractivity contribution in [2.45, 2.75) is 20.0 Å². The number of hydrazone groups is 1. The Morgan fingerprint density at radius 1 is 1.21 bits per heavy atom. The van der Waals surface area contributed by atoms with Crippen LogP contribution in [-0.2, 0) is 14.8 Å². The van der Waals surface area contributed by atoms with Crippen molar-refractivity contribution in [2.24, 2.45) is 5.10 Å². The normalized spacial score (nSPS) is 11.6. The van der Waals surface area contributed by atoms with E-state index in [2.05, 4.69) is 26.5 Å². The standard InChI is InChI=1S/C19H22BrN3O4S/c1-14(2)27-16-10-8-15(9-11-16)12-21-22-19(24)13-23(28(3,25)26)18-7-5-4-6-17(18)20/h4-12,14H,13H2,1-3H3,(H,22,24). The number of ether oxygens (including phenoxy) is 1. The maximum Gasteiger partial charge on any atom is 0.260 e. The van der Waals surface area contributed by atoms with Crippen LogP contribution in [-0.4, -0.2) is 39.4 Å². The lowest BCUT2D eigenvalue weighted by atomic mass is 10.2. The Morgan fingerprint density at radius 3 is 2.43 bits per heavy atom. The Morgan fingerprint density at radius 2 is 1.86 bits per heavy atom. The third-order valence-electron chi connectivity index (χ3n) is 3.46. The third-order valence-corrected chi connectivity index (χ3v) is 5.26. The van der Waals surface area contributed by atoms with Gasteiger partial charge < -0.3 is 4.74 Å². The lowest BCUT2D eigenvalue weighted by Gasteiger charge is -2.22. The SMILES string of the molecule is CC(C)Oc1ccc(C=NNC(=O)CN(c2ccccc2Br)S(C)(=O)=O)cc1. The van der Waals surface area contributed by atoms with E-state index in [1.807, 2.05) is 26.0 Å². The van der Waals surface area contributed by atoms with Gasteiger partial charge in [-0.25, -0.2) is 13.8 Å². The Balaban J connectivity index is 2.01. The summed E-state index contributed by atoms with van der Waals surface area (Å²) < 4.78 is 31.3. The second-order valence-corrected chi connectivity index (χ2v) is 9.01. The molecule has 7 nitrogen and oxygen atoms in total. The minimum atomic E-state index is -3.65. The minimum Gasteiger partial charge on any atom is -0.491 e. The molecule has 0 aromatic heterocycles. The molecule has 1 N–H and O–H groups in total. The molecule has 0 unspecified atom stereocenters. The highest BCUT2D eigenvalue weighted by atomic mass is 79.9. The fourth-order valence-electron chi connectivity index (χ4n) is 2.28. The topological polar surface area (TPSA) is 88.1 Å². The zero-order valence-electron chi connectivity index (χ0n) is 15.8. The third kappa shape index (κ3) is 6.65. The average Bonchev–Trinajstić information content (AvgIpc) is 2.60. The maximum absolute atomic E-state index is 12.2. The first kappa shape index (κ1) is 21.9. The van der Waals surface area contributed by atoms with Crippen LogP contribution in [0.15, 0.2) is 58.1 Å². The van der Waals surface area contributed by atoms with E-state index in [1.165, 1.54) is 6.21 Å². The second kappa shape index (κ2) is 9.70. The molecule has 2 aromatic carbocycles. The molecule has 0 saturated heterocycles. The fraction of sp³-hybridized carbons (Fsp3) is 0.263. The summed E-state index contributed by atoms with van der Waals surface area (Å²) in [6.07, 6.45) is 2.60. The van der Waals surface area contributed by atoms with Gasteiger partial charge in [0.25, 0.3) is 5.91 Å². The average molecular weight is 468 g/mol. The molecule has 0 saturated carbocycles. The summed E-state index contributed by atoms with van der Waals surface area (Å²) in [5.41, 5.74) is 3.49. The smallest absolute Gasteiger partial charge is 0.260 e. The number of nitrogens with zero attached hydrogens (tertiary/aromatic N) is 2. The number of hydrogen-bond acceptors (Lipinski definition) is 5. The maximum atomic E-state index is 12.2. The van der Waals surface area contributed by atoms with Gasteiger partial charge in [0.05, 0.1) is 24.3 Å². The van der Waals surface area contributed by atoms with Crippen LogP contribution in [0.2, 0.25) is 0 Å². The largest absolute Gasteiger partial charge is 0.491 e.